The standard InChI is InChI=1S/C22H26/c1-6-16-13-20-15(2)7-12-19(21(20)14-16)17-8-10-18(11-9-17)22(3,4)5/h7-12,14H,6,13H2,1-5H3. The van der Waals surface area contributed by atoms with Gasteiger partial charge in [-0.2, -0.15) is 0 Å². The molecule has 0 heterocycles. The van der Waals surface area contributed by atoms with Gasteiger partial charge in [0.05, 0.1) is 0 Å². The van der Waals surface area contributed by atoms with E-state index in [0.29, 0.717) is 0 Å². The van der Waals surface area contributed by atoms with Gasteiger partial charge in [0.15, 0.2) is 0 Å². The largest absolute Gasteiger partial charge is 0.0654 e. The average molecular weight is 290 g/mol. The zero-order chi connectivity index (χ0) is 15.9. The second kappa shape index (κ2) is 5.43. The van der Waals surface area contributed by atoms with Crippen molar-refractivity contribution in [3.8, 4) is 11.1 Å². The van der Waals surface area contributed by atoms with Crippen LogP contribution in [0.4, 0.5) is 0 Å². The highest BCUT2D eigenvalue weighted by molar-refractivity contribution is 5.81. The summed E-state index contributed by atoms with van der Waals surface area (Å²) < 4.78 is 0. The van der Waals surface area contributed by atoms with Gasteiger partial charge in [-0.05, 0) is 58.6 Å². The molecule has 0 bridgehead atoms. The summed E-state index contributed by atoms with van der Waals surface area (Å²) in [6.07, 6.45) is 4.69. The maximum atomic E-state index is 2.41. The van der Waals surface area contributed by atoms with Crippen molar-refractivity contribution >= 4 is 6.08 Å². The van der Waals surface area contributed by atoms with Crippen LogP contribution in [0.3, 0.4) is 0 Å². The van der Waals surface area contributed by atoms with Gasteiger partial charge in [0.1, 0.15) is 0 Å². The topological polar surface area (TPSA) is 0 Å². The van der Waals surface area contributed by atoms with Gasteiger partial charge in [0.2, 0.25) is 0 Å². The van der Waals surface area contributed by atoms with Crippen molar-refractivity contribution in [2.75, 3.05) is 0 Å². The first-order valence-electron chi connectivity index (χ1n) is 8.33. The van der Waals surface area contributed by atoms with Gasteiger partial charge in [-0.25, -0.2) is 0 Å². The summed E-state index contributed by atoms with van der Waals surface area (Å²) in [5.74, 6) is 0. The first-order valence-corrected chi connectivity index (χ1v) is 8.33. The zero-order valence-corrected chi connectivity index (χ0v) is 14.5. The van der Waals surface area contributed by atoms with Crippen LogP contribution in [0, 0.1) is 6.92 Å². The molecule has 0 unspecified atom stereocenters. The molecule has 114 valence electrons. The van der Waals surface area contributed by atoms with Crippen LogP contribution in [0.1, 0.15) is 56.4 Å². The number of aryl methyl sites for hydroxylation is 1. The Labute approximate surface area is 134 Å². The fourth-order valence-electron chi connectivity index (χ4n) is 3.28. The lowest BCUT2D eigenvalue weighted by atomic mass is 9.85. The molecule has 2 aromatic carbocycles. The number of fused-ring (bicyclic) bond motifs is 1. The van der Waals surface area contributed by atoms with Crippen molar-refractivity contribution in [2.45, 2.75) is 52.9 Å². The Kier molecular flexibility index (Phi) is 3.72. The molecule has 0 saturated carbocycles. The predicted molar refractivity (Wildman–Crippen MR) is 97.3 cm³/mol. The zero-order valence-electron chi connectivity index (χ0n) is 14.5. The normalized spacial score (nSPS) is 14.0. The van der Waals surface area contributed by atoms with Crippen LogP contribution < -0.4 is 0 Å². The van der Waals surface area contributed by atoms with Crippen LogP contribution in [-0.2, 0) is 11.8 Å². The van der Waals surface area contributed by atoms with Crippen LogP contribution >= 0.6 is 0 Å². The molecule has 0 amide bonds. The van der Waals surface area contributed by atoms with Gasteiger partial charge in [0.25, 0.3) is 0 Å². The summed E-state index contributed by atoms with van der Waals surface area (Å²) >= 11 is 0. The molecule has 0 saturated heterocycles. The average Bonchev–Trinajstić information content (AvgIpc) is 2.92. The van der Waals surface area contributed by atoms with Crippen LogP contribution in [-0.4, -0.2) is 0 Å². The summed E-state index contributed by atoms with van der Waals surface area (Å²) in [7, 11) is 0. The van der Waals surface area contributed by atoms with E-state index in [1.54, 1.807) is 5.57 Å². The minimum atomic E-state index is 0.211. The van der Waals surface area contributed by atoms with Crippen LogP contribution in [0.2, 0.25) is 0 Å². The second-order valence-electron chi connectivity index (χ2n) is 7.48. The molecule has 1 aliphatic carbocycles. The van der Waals surface area contributed by atoms with Gasteiger partial charge < -0.3 is 0 Å². The lowest BCUT2D eigenvalue weighted by Crippen LogP contribution is -2.10. The van der Waals surface area contributed by atoms with Gasteiger partial charge in [-0.1, -0.05) is 75.7 Å². The van der Waals surface area contributed by atoms with Gasteiger partial charge in [0, 0.05) is 0 Å². The van der Waals surface area contributed by atoms with Crippen molar-refractivity contribution < 1.29 is 0 Å². The Bertz CT molecular complexity index is 722. The number of hydrogen-bond donors (Lipinski definition) is 0. The van der Waals surface area contributed by atoms with E-state index in [1.807, 2.05) is 0 Å². The Morgan fingerprint density at radius 3 is 2.23 bits per heavy atom. The van der Waals surface area contributed by atoms with E-state index in [0.717, 1.165) is 12.8 Å². The molecule has 0 fully saturated rings. The lowest BCUT2D eigenvalue weighted by Gasteiger charge is -2.19. The highest BCUT2D eigenvalue weighted by atomic mass is 14.2. The summed E-state index contributed by atoms with van der Waals surface area (Å²) in [5.41, 5.74) is 10.3. The Hall–Kier alpha value is -1.82. The van der Waals surface area contributed by atoms with Crippen LogP contribution in [0.25, 0.3) is 17.2 Å². The van der Waals surface area contributed by atoms with Crippen LogP contribution in [0.15, 0.2) is 42.0 Å². The quantitative estimate of drug-likeness (QED) is 0.608. The van der Waals surface area contributed by atoms with E-state index in [9.17, 15) is 0 Å². The minimum absolute atomic E-state index is 0.211. The van der Waals surface area contributed by atoms with Crippen molar-refractivity contribution in [1.29, 1.82) is 0 Å². The number of benzene rings is 2. The van der Waals surface area contributed by atoms with E-state index >= 15 is 0 Å². The Morgan fingerprint density at radius 2 is 1.64 bits per heavy atom. The molecule has 0 radical (unpaired) electrons. The van der Waals surface area contributed by atoms with Gasteiger partial charge >= 0.3 is 0 Å². The molecule has 2 aromatic rings. The molecule has 0 spiro atoms. The van der Waals surface area contributed by atoms with Crippen LogP contribution in [0.5, 0.6) is 0 Å². The fourth-order valence-corrected chi connectivity index (χ4v) is 3.28. The van der Waals surface area contributed by atoms with Crippen molar-refractivity contribution in [2.24, 2.45) is 0 Å². The number of rotatable bonds is 2. The van der Waals surface area contributed by atoms with Crippen molar-refractivity contribution in [1.82, 2.24) is 0 Å². The first-order chi connectivity index (χ1) is 10.4. The van der Waals surface area contributed by atoms with Gasteiger partial charge in [-0.15, -0.1) is 0 Å². The fraction of sp³-hybridized carbons (Fsp3) is 0.364. The molecule has 0 heteroatoms. The van der Waals surface area contributed by atoms with E-state index < -0.39 is 0 Å². The third-order valence-corrected chi connectivity index (χ3v) is 4.86. The Morgan fingerprint density at radius 1 is 0.955 bits per heavy atom. The summed E-state index contributed by atoms with van der Waals surface area (Å²) in [5, 5.41) is 0. The second-order valence-corrected chi connectivity index (χ2v) is 7.48. The Balaban J connectivity index is 2.07. The highest BCUT2D eigenvalue weighted by Crippen LogP contribution is 2.37. The van der Waals surface area contributed by atoms with Crippen molar-refractivity contribution in [3.05, 3.63) is 64.2 Å². The summed E-state index contributed by atoms with van der Waals surface area (Å²) in [4.78, 5) is 0. The molecule has 22 heavy (non-hydrogen) atoms. The molecule has 0 aromatic heterocycles. The molecule has 3 rings (SSSR count). The minimum Gasteiger partial charge on any atom is -0.0654 e. The molecule has 1 aliphatic rings. The number of allylic oxidation sites excluding steroid dienone is 1. The van der Waals surface area contributed by atoms with E-state index in [1.165, 1.54) is 33.4 Å². The third-order valence-electron chi connectivity index (χ3n) is 4.86. The SMILES string of the molecule is CCC1=Cc2c(-c3ccc(C(C)(C)C)cc3)ccc(C)c2C1. The third kappa shape index (κ3) is 2.63. The molecule has 0 atom stereocenters. The summed E-state index contributed by atoms with van der Waals surface area (Å²) in [6.45, 7) is 11.3. The summed E-state index contributed by atoms with van der Waals surface area (Å²) in [6, 6.07) is 13.7. The lowest BCUT2D eigenvalue weighted by molar-refractivity contribution is 0.590. The molecule has 0 N–H and O–H groups in total. The first kappa shape index (κ1) is 15.1. The van der Waals surface area contributed by atoms with E-state index in [4.69, 9.17) is 0 Å². The monoisotopic (exact) mass is 290 g/mol. The maximum absolute atomic E-state index is 2.41. The molecular weight excluding hydrogens is 264 g/mol. The highest BCUT2D eigenvalue weighted by Gasteiger charge is 2.18. The van der Waals surface area contributed by atoms with Gasteiger partial charge in [-0.3, -0.25) is 0 Å². The molecule has 0 nitrogen and oxygen atoms in total. The van der Waals surface area contributed by atoms with Crippen molar-refractivity contribution in [3.63, 3.8) is 0 Å². The smallest absolute Gasteiger partial charge is 0.00551 e. The predicted octanol–water partition coefficient (Wildman–Crippen LogP) is 6.31. The van der Waals surface area contributed by atoms with E-state index in [2.05, 4.69) is 77.1 Å². The maximum Gasteiger partial charge on any atom is -0.00551 e. The number of hydrogen-bond acceptors (Lipinski definition) is 0. The molecule has 0 aliphatic heterocycles. The van der Waals surface area contributed by atoms with E-state index in [-0.39, 0.29) is 5.41 Å². The molecular formula is C22H26.